The van der Waals surface area contributed by atoms with Crippen LogP contribution in [-0.2, 0) is 4.79 Å². The third-order valence-corrected chi connectivity index (χ3v) is 6.07. The maximum atomic E-state index is 11.4. The van der Waals surface area contributed by atoms with Gasteiger partial charge in [0.1, 0.15) is 17.1 Å². The van der Waals surface area contributed by atoms with Crippen molar-refractivity contribution in [1.29, 1.82) is 0 Å². The molecule has 0 bridgehead atoms. The van der Waals surface area contributed by atoms with Gasteiger partial charge in [-0.15, -0.1) is 0 Å². The first kappa shape index (κ1) is 22.0. The van der Waals surface area contributed by atoms with Crippen LogP contribution in [0.25, 0.3) is 17.0 Å². The van der Waals surface area contributed by atoms with E-state index in [1.807, 2.05) is 47.0 Å². The van der Waals surface area contributed by atoms with Crippen molar-refractivity contribution in [3.05, 3.63) is 60.0 Å². The predicted molar refractivity (Wildman–Crippen MR) is 132 cm³/mol. The fourth-order valence-corrected chi connectivity index (χ4v) is 4.40. The van der Waals surface area contributed by atoms with E-state index in [0.29, 0.717) is 22.4 Å². The Kier molecular flexibility index (Phi) is 5.93. The van der Waals surface area contributed by atoms with Crippen LogP contribution >= 0.6 is 11.6 Å². The molecule has 0 radical (unpaired) electrons. The number of fused-ring (bicyclic) bond motifs is 1. The molecule has 0 spiro atoms. The number of methoxy groups -OCH3 is 1. The number of halogens is 1. The average Bonchev–Trinajstić information content (AvgIpc) is 3.47. The molecular weight excluding hydrogens is 454 g/mol. The third kappa shape index (κ3) is 4.34. The van der Waals surface area contributed by atoms with Gasteiger partial charge < -0.3 is 20.3 Å². The van der Waals surface area contributed by atoms with Crippen molar-refractivity contribution in [2.75, 3.05) is 30.4 Å². The Morgan fingerprint density at radius 2 is 2.09 bits per heavy atom. The molecule has 1 saturated heterocycles. The van der Waals surface area contributed by atoms with Crippen molar-refractivity contribution in [2.24, 2.45) is 0 Å². The lowest BCUT2D eigenvalue weighted by atomic mass is 10.2. The number of aromatic nitrogens is 4. The lowest BCUT2D eigenvalue weighted by Crippen LogP contribution is -2.35. The quantitative estimate of drug-likeness (QED) is 0.434. The minimum atomic E-state index is -0.00441. The number of ether oxygens (including phenoxy) is 1. The van der Waals surface area contributed by atoms with Crippen LogP contribution in [0.4, 0.5) is 17.3 Å². The summed E-state index contributed by atoms with van der Waals surface area (Å²) in [4.78, 5) is 27.0. The fourth-order valence-electron chi connectivity index (χ4n) is 4.22. The maximum absolute atomic E-state index is 11.4. The number of nitrogens with zero attached hydrogens (tertiary/aromatic N) is 5. The molecule has 10 heteroatoms. The van der Waals surface area contributed by atoms with Gasteiger partial charge in [0, 0.05) is 44.0 Å². The summed E-state index contributed by atoms with van der Waals surface area (Å²) < 4.78 is 7.57. The number of nitrogens with one attached hydrogen (secondary N) is 2. The Labute approximate surface area is 201 Å². The number of imidazole rings is 1. The summed E-state index contributed by atoms with van der Waals surface area (Å²) >= 11 is 6.44. The molecule has 4 heterocycles. The largest absolute Gasteiger partial charge is 0.494 e. The van der Waals surface area contributed by atoms with Gasteiger partial charge in [-0.1, -0.05) is 17.7 Å². The molecule has 1 aromatic carbocycles. The molecule has 1 amide bonds. The highest BCUT2D eigenvalue weighted by molar-refractivity contribution is 6.32. The molecule has 1 unspecified atom stereocenters. The van der Waals surface area contributed by atoms with Gasteiger partial charge in [-0.05, 0) is 30.7 Å². The number of hydrogen-bond donors (Lipinski definition) is 2. The number of pyridine rings is 1. The average molecular weight is 478 g/mol. The van der Waals surface area contributed by atoms with Crippen molar-refractivity contribution in [3.8, 4) is 17.1 Å². The first-order valence-corrected chi connectivity index (χ1v) is 11.3. The van der Waals surface area contributed by atoms with E-state index in [4.69, 9.17) is 16.3 Å². The zero-order valence-corrected chi connectivity index (χ0v) is 19.6. The molecule has 3 aromatic heterocycles. The fraction of sp³-hybridized carbons (Fsp3) is 0.250. The van der Waals surface area contributed by atoms with Crippen molar-refractivity contribution >= 4 is 40.5 Å². The van der Waals surface area contributed by atoms with Crippen molar-refractivity contribution < 1.29 is 9.53 Å². The summed E-state index contributed by atoms with van der Waals surface area (Å²) in [6, 6.07) is 11.9. The van der Waals surface area contributed by atoms with Crippen LogP contribution in [0.2, 0.25) is 5.02 Å². The van der Waals surface area contributed by atoms with Gasteiger partial charge in [-0.2, -0.15) is 0 Å². The van der Waals surface area contributed by atoms with Crippen LogP contribution in [-0.4, -0.2) is 51.5 Å². The molecule has 2 N–H and O–H groups in total. The molecule has 9 nitrogen and oxygen atoms in total. The summed E-state index contributed by atoms with van der Waals surface area (Å²) in [5.74, 6) is 1.05. The number of hydrogen-bond acceptors (Lipinski definition) is 7. The topological polar surface area (TPSA) is 96.7 Å². The highest BCUT2D eigenvalue weighted by Gasteiger charge is 2.24. The number of carbonyl (C=O) groups is 1. The Hall–Kier alpha value is -3.85. The van der Waals surface area contributed by atoms with Crippen LogP contribution in [0.3, 0.4) is 0 Å². The molecule has 4 aromatic rings. The number of anilines is 3. The molecular formula is C24H24ClN7O2. The van der Waals surface area contributed by atoms with Crippen LogP contribution in [0.5, 0.6) is 5.75 Å². The van der Waals surface area contributed by atoms with Gasteiger partial charge in [0.25, 0.3) is 0 Å². The van der Waals surface area contributed by atoms with E-state index in [9.17, 15) is 4.79 Å². The maximum Gasteiger partial charge on any atom is 0.227 e. The molecule has 5 rings (SSSR count). The number of carbonyl (C=O) groups excluding carboxylic acids is 1. The highest BCUT2D eigenvalue weighted by atomic mass is 35.5. The van der Waals surface area contributed by atoms with Gasteiger partial charge in [0.15, 0.2) is 0 Å². The summed E-state index contributed by atoms with van der Waals surface area (Å²) in [6.45, 7) is 3.17. The second-order valence-electron chi connectivity index (χ2n) is 8.10. The van der Waals surface area contributed by atoms with E-state index in [0.717, 1.165) is 42.2 Å². The number of amides is 1. The Balaban J connectivity index is 1.39. The van der Waals surface area contributed by atoms with Gasteiger partial charge in [-0.25, -0.2) is 15.0 Å². The first-order chi connectivity index (χ1) is 16.5. The molecule has 34 heavy (non-hydrogen) atoms. The van der Waals surface area contributed by atoms with Crippen molar-refractivity contribution in [2.45, 2.75) is 19.4 Å². The van der Waals surface area contributed by atoms with Gasteiger partial charge in [0.05, 0.1) is 35.9 Å². The lowest BCUT2D eigenvalue weighted by molar-refractivity contribution is -0.119. The molecule has 1 aliphatic rings. The first-order valence-electron chi connectivity index (χ1n) is 10.9. The van der Waals surface area contributed by atoms with E-state index in [2.05, 4.69) is 30.5 Å². The van der Waals surface area contributed by atoms with Crippen molar-refractivity contribution in [1.82, 2.24) is 24.7 Å². The number of rotatable bonds is 6. The van der Waals surface area contributed by atoms with E-state index in [-0.39, 0.29) is 11.9 Å². The molecule has 1 atom stereocenters. The highest BCUT2D eigenvalue weighted by Crippen LogP contribution is 2.34. The van der Waals surface area contributed by atoms with Crippen LogP contribution < -0.4 is 20.3 Å². The summed E-state index contributed by atoms with van der Waals surface area (Å²) in [5.41, 5.74) is 3.92. The SMILES string of the molecule is COc1cc(N2CCC(NC(C)=O)C2)ccc1Nc1ncc(Cl)c(-c2cnc3ccccn23)n1. The molecule has 0 aliphatic carbocycles. The summed E-state index contributed by atoms with van der Waals surface area (Å²) in [5, 5.41) is 6.66. The Morgan fingerprint density at radius 3 is 2.91 bits per heavy atom. The predicted octanol–water partition coefficient (Wildman–Crippen LogP) is 3.91. The van der Waals surface area contributed by atoms with Gasteiger partial charge in [-0.3, -0.25) is 9.20 Å². The van der Waals surface area contributed by atoms with E-state index in [1.54, 1.807) is 26.4 Å². The normalized spacial score (nSPS) is 15.5. The van der Waals surface area contributed by atoms with E-state index in [1.165, 1.54) is 0 Å². The molecule has 1 fully saturated rings. The molecule has 174 valence electrons. The minimum absolute atomic E-state index is 0.00441. The van der Waals surface area contributed by atoms with Crippen LogP contribution in [0.1, 0.15) is 13.3 Å². The standard InChI is InChI=1S/C24H24ClN7O2/c1-15(33)28-16-8-10-31(14-16)17-6-7-19(21(11-17)34-2)29-24-27-12-18(25)23(30-24)20-13-26-22-5-3-4-9-32(20)22/h3-7,9,11-13,16H,8,10,14H2,1-2H3,(H,28,33)(H,27,29,30). The Morgan fingerprint density at radius 1 is 1.21 bits per heavy atom. The monoisotopic (exact) mass is 477 g/mol. The second-order valence-corrected chi connectivity index (χ2v) is 8.51. The smallest absolute Gasteiger partial charge is 0.227 e. The zero-order valence-electron chi connectivity index (χ0n) is 18.8. The summed E-state index contributed by atoms with van der Waals surface area (Å²) in [7, 11) is 1.63. The minimum Gasteiger partial charge on any atom is -0.494 e. The zero-order chi connectivity index (χ0) is 23.7. The number of benzene rings is 1. The molecule has 1 aliphatic heterocycles. The van der Waals surface area contributed by atoms with E-state index < -0.39 is 0 Å². The lowest BCUT2D eigenvalue weighted by Gasteiger charge is -2.21. The van der Waals surface area contributed by atoms with Crippen molar-refractivity contribution in [3.63, 3.8) is 0 Å². The summed E-state index contributed by atoms with van der Waals surface area (Å²) in [6.07, 6.45) is 6.14. The Bertz CT molecular complexity index is 1360. The third-order valence-electron chi connectivity index (χ3n) is 5.80. The van der Waals surface area contributed by atoms with Gasteiger partial charge in [0.2, 0.25) is 11.9 Å². The van der Waals surface area contributed by atoms with Gasteiger partial charge >= 0.3 is 0 Å². The second kappa shape index (κ2) is 9.18. The van der Waals surface area contributed by atoms with E-state index >= 15 is 0 Å². The van der Waals surface area contributed by atoms with Crippen LogP contribution in [0.15, 0.2) is 55.0 Å². The van der Waals surface area contributed by atoms with Crippen LogP contribution in [0, 0.1) is 0 Å². The molecule has 0 saturated carbocycles.